The van der Waals surface area contributed by atoms with Crippen molar-refractivity contribution in [1.82, 2.24) is 0 Å². The predicted octanol–water partition coefficient (Wildman–Crippen LogP) is -0.114. The van der Waals surface area contributed by atoms with Crippen molar-refractivity contribution in [2.24, 2.45) is 0 Å². The molecule has 14 nitrogen and oxygen atoms in total. The van der Waals surface area contributed by atoms with E-state index in [0.29, 0.717) is 11.3 Å². The van der Waals surface area contributed by atoms with E-state index < -0.39 is 81.4 Å². The molecule has 1 aromatic heterocycles. The Morgan fingerprint density at radius 1 is 1.03 bits per heavy atom. The number of phenolic OH excluding ortho intramolecular Hbond substituents is 2. The van der Waals surface area contributed by atoms with Crippen LogP contribution in [0.1, 0.15) is 0 Å². The third-order valence-corrected chi connectivity index (χ3v) is 6.05. The van der Waals surface area contributed by atoms with Crippen LogP contribution in [0.4, 0.5) is 0 Å². The van der Waals surface area contributed by atoms with E-state index in [0.717, 1.165) is 12.1 Å². The summed E-state index contributed by atoms with van der Waals surface area (Å²) in [6.45, 7) is -0.851. The molecule has 15 heteroatoms. The molecule has 1 aliphatic heterocycles. The Labute approximate surface area is 208 Å². The number of methoxy groups -OCH3 is 1. The van der Waals surface area contributed by atoms with Gasteiger partial charge >= 0.3 is 10.4 Å². The first-order valence-corrected chi connectivity index (χ1v) is 11.9. The van der Waals surface area contributed by atoms with Gasteiger partial charge < -0.3 is 44.2 Å². The molecule has 2 aromatic carbocycles. The fraction of sp³-hybridized carbons (Fsp3) is 0.318. The average molecular weight is 542 g/mol. The van der Waals surface area contributed by atoms with Crippen LogP contribution in [0.3, 0.4) is 0 Å². The number of aromatic hydroxyl groups is 2. The van der Waals surface area contributed by atoms with Crippen LogP contribution in [0, 0.1) is 0 Å². The molecule has 37 heavy (non-hydrogen) atoms. The molecular formula is C22H22O14S. The van der Waals surface area contributed by atoms with Crippen molar-refractivity contribution in [3.63, 3.8) is 0 Å². The lowest BCUT2D eigenvalue weighted by atomic mass is 9.99. The zero-order chi connectivity index (χ0) is 27.1. The van der Waals surface area contributed by atoms with E-state index in [-0.39, 0.29) is 5.76 Å². The number of aliphatic hydroxyl groups excluding tert-OH is 3. The van der Waals surface area contributed by atoms with Crippen molar-refractivity contribution in [2.75, 3.05) is 13.7 Å². The summed E-state index contributed by atoms with van der Waals surface area (Å²) in [4.78, 5) is 12.9. The molecule has 2 heterocycles. The maximum Gasteiger partial charge on any atom is 0.397 e. The number of hydrogen-bond donors (Lipinski definition) is 6. The second-order valence-electron chi connectivity index (χ2n) is 7.96. The van der Waals surface area contributed by atoms with Gasteiger partial charge in [-0.1, -0.05) is 0 Å². The second-order valence-corrected chi connectivity index (χ2v) is 9.01. The van der Waals surface area contributed by atoms with Gasteiger partial charge in [0, 0.05) is 17.7 Å². The highest BCUT2D eigenvalue weighted by atomic mass is 32.3. The molecule has 5 atom stereocenters. The summed E-state index contributed by atoms with van der Waals surface area (Å²) in [5.41, 5.74) is -0.839. The van der Waals surface area contributed by atoms with Gasteiger partial charge in [-0.25, -0.2) is 4.18 Å². The predicted molar refractivity (Wildman–Crippen MR) is 123 cm³/mol. The quantitative estimate of drug-likeness (QED) is 0.214. The van der Waals surface area contributed by atoms with Crippen LogP contribution in [-0.4, -0.2) is 82.9 Å². The first-order chi connectivity index (χ1) is 17.4. The Morgan fingerprint density at radius 2 is 1.70 bits per heavy atom. The van der Waals surface area contributed by atoms with E-state index in [9.17, 15) is 38.7 Å². The minimum atomic E-state index is -5.22. The monoisotopic (exact) mass is 542 g/mol. The number of benzene rings is 2. The third-order valence-electron chi connectivity index (χ3n) is 5.58. The minimum absolute atomic E-state index is 0.0195. The third kappa shape index (κ3) is 5.33. The van der Waals surface area contributed by atoms with Crippen LogP contribution in [0.25, 0.3) is 22.3 Å². The van der Waals surface area contributed by atoms with E-state index in [1.165, 1.54) is 7.11 Å². The Bertz CT molecular complexity index is 1450. The molecule has 3 aromatic rings. The fourth-order valence-corrected chi connectivity index (χ4v) is 4.29. The molecule has 0 bridgehead atoms. The highest BCUT2D eigenvalue weighted by Gasteiger charge is 2.49. The van der Waals surface area contributed by atoms with Gasteiger partial charge in [0.2, 0.25) is 12.0 Å². The number of ether oxygens (including phenoxy) is 3. The summed E-state index contributed by atoms with van der Waals surface area (Å²) in [6, 6.07) is 8.13. The summed E-state index contributed by atoms with van der Waals surface area (Å²) >= 11 is 0. The van der Waals surface area contributed by atoms with E-state index in [1.807, 2.05) is 0 Å². The van der Waals surface area contributed by atoms with Gasteiger partial charge in [0.1, 0.15) is 41.0 Å². The van der Waals surface area contributed by atoms with Crippen LogP contribution in [-0.2, 0) is 19.3 Å². The van der Waals surface area contributed by atoms with Crippen molar-refractivity contribution in [1.29, 1.82) is 0 Å². The molecule has 1 fully saturated rings. The fourth-order valence-electron chi connectivity index (χ4n) is 3.80. The topological polar surface area (TPSA) is 223 Å². The Balaban J connectivity index is 1.85. The Hall–Kier alpha value is -3.44. The van der Waals surface area contributed by atoms with Crippen molar-refractivity contribution >= 4 is 21.4 Å². The lowest BCUT2D eigenvalue weighted by Crippen LogP contribution is -2.61. The highest BCUT2D eigenvalue weighted by Crippen LogP contribution is 2.42. The van der Waals surface area contributed by atoms with E-state index >= 15 is 0 Å². The van der Waals surface area contributed by atoms with Crippen molar-refractivity contribution in [2.45, 2.75) is 30.7 Å². The number of rotatable bonds is 7. The summed E-state index contributed by atoms with van der Waals surface area (Å²) in [7, 11) is -3.76. The Morgan fingerprint density at radius 3 is 2.30 bits per heavy atom. The average Bonchev–Trinajstić information content (AvgIpc) is 2.84. The summed E-state index contributed by atoms with van der Waals surface area (Å²) < 4.78 is 57.9. The minimum Gasteiger partial charge on any atom is -0.507 e. The molecule has 0 saturated carbocycles. The molecule has 1 aliphatic rings. The van der Waals surface area contributed by atoms with E-state index in [4.69, 9.17) is 23.2 Å². The van der Waals surface area contributed by atoms with E-state index in [1.54, 1.807) is 24.3 Å². The maximum atomic E-state index is 12.9. The van der Waals surface area contributed by atoms with Gasteiger partial charge in [0.15, 0.2) is 22.9 Å². The largest absolute Gasteiger partial charge is 0.507 e. The van der Waals surface area contributed by atoms with Crippen molar-refractivity contribution < 1.29 is 61.3 Å². The number of fused-ring (bicyclic) bond motifs is 1. The smallest absolute Gasteiger partial charge is 0.397 e. The molecule has 0 amide bonds. The lowest BCUT2D eigenvalue weighted by molar-refractivity contribution is -0.271. The van der Waals surface area contributed by atoms with Gasteiger partial charge in [-0.05, 0) is 24.3 Å². The van der Waals surface area contributed by atoms with Crippen LogP contribution >= 0.6 is 0 Å². The van der Waals surface area contributed by atoms with Gasteiger partial charge in [0.05, 0.1) is 13.7 Å². The summed E-state index contributed by atoms with van der Waals surface area (Å²) in [5, 5.41) is 50.3. The zero-order valence-electron chi connectivity index (χ0n) is 18.9. The number of aliphatic hydroxyl groups is 3. The summed E-state index contributed by atoms with van der Waals surface area (Å²) in [6.07, 6.45) is -9.53. The molecule has 0 radical (unpaired) electrons. The maximum absolute atomic E-state index is 12.9. The van der Waals surface area contributed by atoms with Crippen molar-refractivity contribution in [3.05, 3.63) is 46.6 Å². The zero-order valence-corrected chi connectivity index (χ0v) is 19.7. The van der Waals surface area contributed by atoms with Gasteiger partial charge in [-0.15, -0.1) is 0 Å². The lowest BCUT2D eigenvalue weighted by Gasteiger charge is -2.40. The van der Waals surface area contributed by atoms with Crippen LogP contribution < -0.4 is 14.9 Å². The molecular weight excluding hydrogens is 520 g/mol. The molecule has 4 rings (SSSR count). The SMILES string of the molecule is COc1ccc(-c2cc(=O)c3c(O)cc(O)c(O[C@@H]4OC(CO)[C@@H](O)[C@H](O)C4OS(=O)(=O)O)c3o2)cc1. The normalized spacial score (nSPS) is 24.2. The molecule has 6 N–H and O–H groups in total. The first-order valence-electron chi connectivity index (χ1n) is 10.6. The van der Waals surface area contributed by atoms with Crippen LogP contribution in [0.5, 0.6) is 23.0 Å². The highest BCUT2D eigenvalue weighted by molar-refractivity contribution is 7.80. The molecule has 200 valence electrons. The van der Waals surface area contributed by atoms with E-state index in [2.05, 4.69) is 4.18 Å². The van der Waals surface area contributed by atoms with Gasteiger partial charge in [0.25, 0.3) is 0 Å². The molecule has 0 aliphatic carbocycles. The van der Waals surface area contributed by atoms with Gasteiger partial charge in [-0.3, -0.25) is 9.35 Å². The molecule has 0 spiro atoms. The number of phenols is 2. The van der Waals surface area contributed by atoms with Crippen LogP contribution in [0.15, 0.2) is 45.6 Å². The molecule has 2 unspecified atom stereocenters. The van der Waals surface area contributed by atoms with Crippen LogP contribution in [0.2, 0.25) is 0 Å². The van der Waals surface area contributed by atoms with Gasteiger partial charge in [-0.2, -0.15) is 8.42 Å². The first kappa shape index (κ1) is 26.6. The second kappa shape index (κ2) is 10.1. The summed E-state index contributed by atoms with van der Waals surface area (Å²) in [5.74, 6) is -1.61. The standard InChI is InChI=1S/C22H22O14S/c1-32-10-4-2-9(3-5-10)14-7-12(25)16-11(24)6-13(26)19(20(16)33-14)35-22-21(36-37(29,30)31)18(28)17(27)15(8-23)34-22/h2-7,15,17-18,21-24,26-28H,8H2,1H3,(H,29,30,31)/t15?,17-,18+,21?,22+/m1/s1. The molecule has 1 saturated heterocycles. The number of hydrogen-bond acceptors (Lipinski definition) is 13. The van der Waals surface area contributed by atoms with Crippen molar-refractivity contribution in [3.8, 4) is 34.3 Å². The Kier molecular flexibility index (Phi) is 7.29.